The van der Waals surface area contributed by atoms with Gasteiger partial charge < -0.3 is 21.5 Å². The molecule has 6 heteroatoms. The molecule has 16 heavy (non-hydrogen) atoms. The van der Waals surface area contributed by atoms with E-state index >= 15 is 0 Å². The third-order valence-corrected chi connectivity index (χ3v) is 2.22. The highest BCUT2D eigenvalue weighted by Gasteiger charge is 2.15. The Hall–Kier alpha value is -1.14. The maximum Gasteiger partial charge on any atom is 0.239 e. The van der Waals surface area contributed by atoms with Gasteiger partial charge in [-0.2, -0.15) is 0 Å². The van der Waals surface area contributed by atoms with Crippen molar-refractivity contribution in [2.24, 2.45) is 11.7 Å². The Morgan fingerprint density at radius 3 is 2.38 bits per heavy atom. The minimum absolute atomic E-state index is 0.0261. The molecule has 0 heterocycles. The molecule has 6 nitrogen and oxygen atoms in total. The van der Waals surface area contributed by atoms with Crippen LogP contribution >= 0.6 is 0 Å². The van der Waals surface area contributed by atoms with Gasteiger partial charge in [0.05, 0.1) is 13.1 Å². The van der Waals surface area contributed by atoms with Crippen LogP contribution in [0, 0.1) is 5.92 Å². The first-order valence-corrected chi connectivity index (χ1v) is 5.38. The fourth-order valence-electron chi connectivity index (χ4n) is 1.22. The van der Waals surface area contributed by atoms with Crippen LogP contribution in [0.1, 0.15) is 20.3 Å². The number of rotatable bonds is 7. The van der Waals surface area contributed by atoms with Gasteiger partial charge in [-0.05, 0) is 12.3 Å². The molecule has 0 fully saturated rings. The molecule has 0 rings (SSSR count). The number of hydrogen-bond acceptors (Lipinski definition) is 4. The first kappa shape index (κ1) is 14.9. The molecule has 0 saturated carbocycles. The summed E-state index contributed by atoms with van der Waals surface area (Å²) in [5.74, 6) is -0.395. The van der Waals surface area contributed by atoms with E-state index in [1.165, 1.54) is 0 Å². The number of carbonyl (C=O) groups is 2. The number of aliphatic hydroxyl groups excluding tert-OH is 1. The van der Waals surface area contributed by atoms with Gasteiger partial charge in [-0.3, -0.25) is 9.59 Å². The maximum atomic E-state index is 11.4. The number of nitrogens with two attached hydrogens (primary N) is 1. The number of aliphatic hydroxyl groups is 1. The van der Waals surface area contributed by atoms with Crippen molar-refractivity contribution in [1.82, 2.24) is 10.6 Å². The van der Waals surface area contributed by atoms with E-state index in [0.29, 0.717) is 6.42 Å². The molecule has 0 aromatic heterocycles. The smallest absolute Gasteiger partial charge is 0.239 e. The predicted molar refractivity (Wildman–Crippen MR) is 60.5 cm³/mol. The summed E-state index contributed by atoms with van der Waals surface area (Å²) in [7, 11) is 0. The van der Waals surface area contributed by atoms with Gasteiger partial charge in [0.2, 0.25) is 11.8 Å². The minimum Gasteiger partial charge on any atom is -0.396 e. The molecule has 0 bridgehead atoms. The SMILES string of the molecule is CC(C)C(CCO)NC(=O)CNC(=O)CN. The summed E-state index contributed by atoms with van der Waals surface area (Å²) in [4.78, 5) is 22.2. The van der Waals surface area contributed by atoms with E-state index in [9.17, 15) is 9.59 Å². The monoisotopic (exact) mass is 231 g/mol. The quantitative estimate of drug-likeness (QED) is 0.432. The van der Waals surface area contributed by atoms with Crippen LogP contribution in [-0.2, 0) is 9.59 Å². The zero-order valence-electron chi connectivity index (χ0n) is 9.82. The fourth-order valence-corrected chi connectivity index (χ4v) is 1.22. The molecule has 0 aliphatic carbocycles. The van der Waals surface area contributed by atoms with E-state index in [0.717, 1.165) is 0 Å². The van der Waals surface area contributed by atoms with E-state index in [-0.39, 0.29) is 43.5 Å². The van der Waals surface area contributed by atoms with Crippen LogP contribution in [0.4, 0.5) is 0 Å². The maximum absolute atomic E-state index is 11.4. The van der Waals surface area contributed by atoms with Gasteiger partial charge in [-0.1, -0.05) is 13.8 Å². The molecule has 0 saturated heterocycles. The summed E-state index contributed by atoms with van der Waals surface area (Å²) in [5, 5.41) is 13.9. The van der Waals surface area contributed by atoms with Gasteiger partial charge in [-0.15, -0.1) is 0 Å². The van der Waals surface area contributed by atoms with E-state index in [1.807, 2.05) is 13.8 Å². The van der Waals surface area contributed by atoms with Gasteiger partial charge in [0.25, 0.3) is 0 Å². The molecule has 1 unspecified atom stereocenters. The molecular weight excluding hydrogens is 210 g/mol. The lowest BCUT2D eigenvalue weighted by Crippen LogP contribution is -2.45. The number of nitrogens with one attached hydrogen (secondary N) is 2. The Kier molecular flexibility index (Phi) is 7.49. The average molecular weight is 231 g/mol. The number of amides is 2. The average Bonchev–Trinajstić information content (AvgIpc) is 2.25. The van der Waals surface area contributed by atoms with Crippen molar-refractivity contribution in [2.45, 2.75) is 26.3 Å². The molecule has 0 aromatic rings. The molecule has 0 aliphatic rings. The van der Waals surface area contributed by atoms with E-state index < -0.39 is 0 Å². The lowest BCUT2D eigenvalue weighted by molar-refractivity contribution is -0.126. The van der Waals surface area contributed by atoms with Gasteiger partial charge >= 0.3 is 0 Å². The third kappa shape index (κ3) is 6.36. The fraction of sp³-hybridized carbons (Fsp3) is 0.800. The zero-order valence-corrected chi connectivity index (χ0v) is 9.82. The second kappa shape index (κ2) is 8.06. The zero-order chi connectivity index (χ0) is 12.6. The molecule has 0 aromatic carbocycles. The van der Waals surface area contributed by atoms with Gasteiger partial charge in [0.15, 0.2) is 0 Å². The normalized spacial score (nSPS) is 12.3. The first-order valence-electron chi connectivity index (χ1n) is 5.38. The van der Waals surface area contributed by atoms with Crippen molar-refractivity contribution in [3.8, 4) is 0 Å². The molecule has 94 valence electrons. The summed E-state index contributed by atoms with van der Waals surface area (Å²) in [6, 6.07) is -0.0766. The Bertz CT molecular complexity index is 231. The minimum atomic E-state index is -0.363. The molecule has 0 spiro atoms. The van der Waals surface area contributed by atoms with Gasteiger partial charge in [-0.25, -0.2) is 0 Å². The molecule has 2 amide bonds. The van der Waals surface area contributed by atoms with Crippen molar-refractivity contribution < 1.29 is 14.7 Å². The van der Waals surface area contributed by atoms with Gasteiger partial charge in [0.1, 0.15) is 0 Å². The summed E-state index contributed by atoms with van der Waals surface area (Å²) in [5.41, 5.74) is 5.08. The highest BCUT2D eigenvalue weighted by Crippen LogP contribution is 2.04. The lowest BCUT2D eigenvalue weighted by Gasteiger charge is -2.21. The van der Waals surface area contributed by atoms with Gasteiger partial charge in [0, 0.05) is 12.6 Å². The summed E-state index contributed by atoms with van der Waals surface area (Å²) in [6.45, 7) is 3.73. The van der Waals surface area contributed by atoms with Crippen molar-refractivity contribution in [3.63, 3.8) is 0 Å². The highest BCUT2D eigenvalue weighted by atomic mass is 16.3. The summed E-state index contributed by atoms with van der Waals surface area (Å²) >= 11 is 0. The molecule has 5 N–H and O–H groups in total. The summed E-state index contributed by atoms with van der Waals surface area (Å²) in [6.07, 6.45) is 0.508. The van der Waals surface area contributed by atoms with Crippen molar-refractivity contribution in [2.75, 3.05) is 19.7 Å². The Morgan fingerprint density at radius 1 is 1.31 bits per heavy atom. The number of hydrogen-bond donors (Lipinski definition) is 4. The van der Waals surface area contributed by atoms with Crippen molar-refractivity contribution in [3.05, 3.63) is 0 Å². The largest absolute Gasteiger partial charge is 0.396 e. The second-order valence-corrected chi connectivity index (χ2v) is 3.91. The van der Waals surface area contributed by atoms with Crippen LogP contribution in [0.25, 0.3) is 0 Å². The van der Waals surface area contributed by atoms with Crippen molar-refractivity contribution >= 4 is 11.8 Å². The van der Waals surface area contributed by atoms with Crippen LogP contribution in [0.15, 0.2) is 0 Å². The van der Waals surface area contributed by atoms with Crippen LogP contribution < -0.4 is 16.4 Å². The molecular formula is C10H21N3O3. The Balaban J connectivity index is 3.95. The Labute approximate surface area is 95.6 Å². The highest BCUT2D eigenvalue weighted by molar-refractivity contribution is 5.85. The third-order valence-electron chi connectivity index (χ3n) is 2.22. The van der Waals surface area contributed by atoms with E-state index in [2.05, 4.69) is 10.6 Å². The van der Waals surface area contributed by atoms with Crippen LogP contribution in [-0.4, -0.2) is 42.7 Å². The number of carbonyl (C=O) groups excluding carboxylic acids is 2. The van der Waals surface area contributed by atoms with E-state index in [1.54, 1.807) is 0 Å². The van der Waals surface area contributed by atoms with E-state index in [4.69, 9.17) is 10.8 Å². The standard InChI is InChI=1S/C10H21N3O3/c1-7(2)8(3-4-14)13-10(16)6-12-9(15)5-11/h7-8,14H,3-6,11H2,1-2H3,(H,12,15)(H,13,16). The van der Waals surface area contributed by atoms with Crippen LogP contribution in [0.2, 0.25) is 0 Å². The molecule has 1 atom stereocenters. The second-order valence-electron chi connectivity index (χ2n) is 3.91. The van der Waals surface area contributed by atoms with Crippen LogP contribution in [0.3, 0.4) is 0 Å². The first-order chi connectivity index (χ1) is 7.51. The Morgan fingerprint density at radius 2 is 1.94 bits per heavy atom. The summed E-state index contributed by atoms with van der Waals surface area (Å²) < 4.78 is 0. The molecule has 0 radical (unpaired) electrons. The predicted octanol–water partition coefficient (Wildman–Crippen LogP) is -1.42. The topological polar surface area (TPSA) is 104 Å². The lowest BCUT2D eigenvalue weighted by atomic mass is 10.0. The van der Waals surface area contributed by atoms with Crippen LogP contribution in [0.5, 0.6) is 0 Å². The van der Waals surface area contributed by atoms with Crippen molar-refractivity contribution in [1.29, 1.82) is 0 Å². The molecule has 0 aliphatic heterocycles.